The first kappa shape index (κ1) is 6.41. The van der Waals surface area contributed by atoms with E-state index in [9.17, 15) is 4.79 Å². The van der Waals surface area contributed by atoms with Crippen molar-refractivity contribution in [1.82, 2.24) is 0 Å². The van der Waals surface area contributed by atoms with E-state index in [1.54, 1.807) is 0 Å². The zero-order valence-corrected chi connectivity index (χ0v) is 4.39. The first-order valence-corrected chi connectivity index (χ1v) is 2.89. The van der Waals surface area contributed by atoms with Crippen molar-refractivity contribution in [2.24, 2.45) is 0 Å². The SMILES string of the molecule is O=C(O)O[SiH](O)O. The molecule has 0 atom stereocenters. The molecule has 3 N–H and O–H groups in total. The molecule has 0 heterocycles. The van der Waals surface area contributed by atoms with Crippen LogP contribution in [0.2, 0.25) is 0 Å². The average molecular weight is 124 g/mol. The summed E-state index contributed by atoms with van der Waals surface area (Å²) in [7, 11) is -3.33. The van der Waals surface area contributed by atoms with Crippen molar-refractivity contribution in [2.45, 2.75) is 0 Å². The Hall–Kier alpha value is -0.593. The average Bonchev–Trinajstić information content (AvgIpc) is 1.27. The number of rotatable bonds is 1. The van der Waals surface area contributed by atoms with E-state index in [4.69, 9.17) is 14.7 Å². The summed E-state index contributed by atoms with van der Waals surface area (Å²) in [6, 6.07) is 0. The maximum Gasteiger partial charge on any atom is 0.548 e. The molecule has 0 aromatic carbocycles. The molecule has 0 aliphatic rings. The highest BCUT2D eigenvalue weighted by Gasteiger charge is 2.06. The predicted octanol–water partition coefficient (Wildman–Crippen LogP) is -1.62. The molecule has 0 aliphatic carbocycles. The van der Waals surface area contributed by atoms with Gasteiger partial charge in [-0.1, -0.05) is 0 Å². The maximum absolute atomic E-state index is 9.30. The molecule has 6 heteroatoms. The van der Waals surface area contributed by atoms with Gasteiger partial charge in [0.1, 0.15) is 0 Å². The van der Waals surface area contributed by atoms with Crippen LogP contribution in [0, 0.1) is 0 Å². The highest BCUT2D eigenvalue weighted by molar-refractivity contribution is 6.35. The summed E-state index contributed by atoms with van der Waals surface area (Å²) in [6.07, 6.45) is -1.65. The molecule has 0 bridgehead atoms. The summed E-state index contributed by atoms with van der Waals surface area (Å²) in [5.41, 5.74) is 0. The van der Waals surface area contributed by atoms with Gasteiger partial charge in [-0.05, 0) is 0 Å². The van der Waals surface area contributed by atoms with Gasteiger partial charge in [0.15, 0.2) is 0 Å². The molecule has 0 fully saturated rings. The minimum absolute atomic E-state index is 1.65. The third-order valence-corrected chi connectivity index (χ3v) is 0.619. The quantitative estimate of drug-likeness (QED) is 0.366. The lowest BCUT2D eigenvalue weighted by atomic mass is 11.5. The van der Waals surface area contributed by atoms with Gasteiger partial charge in [0, 0.05) is 0 Å². The summed E-state index contributed by atoms with van der Waals surface area (Å²) in [5.74, 6) is 0. The molecule has 0 radical (unpaired) electrons. The third kappa shape index (κ3) is 5.41. The van der Waals surface area contributed by atoms with E-state index < -0.39 is 15.7 Å². The lowest BCUT2D eigenvalue weighted by Gasteiger charge is -1.94. The molecule has 5 nitrogen and oxygen atoms in total. The van der Waals surface area contributed by atoms with Crippen LogP contribution in [0.3, 0.4) is 0 Å². The molecule has 0 unspecified atom stereocenters. The van der Waals surface area contributed by atoms with Crippen molar-refractivity contribution in [1.29, 1.82) is 0 Å². The predicted molar refractivity (Wildman–Crippen MR) is 20.7 cm³/mol. The van der Waals surface area contributed by atoms with E-state index >= 15 is 0 Å². The Bertz CT molecular complexity index is 68.5. The summed E-state index contributed by atoms with van der Waals surface area (Å²) >= 11 is 0. The fraction of sp³-hybridized carbons (Fsp3) is 0. The number of carbonyl (C=O) groups is 1. The Balaban J connectivity index is 3.13. The van der Waals surface area contributed by atoms with Crippen LogP contribution in [0.4, 0.5) is 4.79 Å². The largest absolute Gasteiger partial charge is 0.548 e. The number of hydrogen-bond acceptors (Lipinski definition) is 4. The van der Waals surface area contributed by atoms with Gasteiger partial charge in [-0.15, -0.1) is 0 Å². The Morgan fingerprint density at radius 3 is 2.00 bits per heavy atom. The molecule has 0 aromatic heterocycles. The zero-order valence-electron chi connectivity index (χ0n) is 3.24. The van der Waals surface area contributed by atoms with Gasteiger partial charge >= 0.3 is 15.7 Å². The summed E-state index contributed by atoms with van der Waals surface area (Å²) < 4.78 is 3.42. The molecule has 0 saturated heterocycles. The van der Waals surface area contributed by atoms with Crippen molar-refractivity contribution >= 4 is 15.7 Å². The molecular formula is CH4O5Si. The van der Waals surface area contributed by atoms with Gasteiger partial charge in [0.2, 0.25) is 0 Å². The summed E-state index contributed by atoms with van der Waals surface area (Å²) in [4.78, 5) is 24.9. The van der Waals surface area contributed by atoms with E-state index in [2.05, 4.69) is 4.43 Å². The maximum atomic E-state index is 9.30. The van der Waals surface area contributed by atoms with Crippen LogP contribution in [-0.4, -0.2) is 30.4 Å². The number of hydrogen-bond donors (Lipinski definition) is 3. The van der Waals surface area contributed by atoms with E-state index in [1.807, 2.05) is 0 Å². The van der Waals surface area contributed by atoms with E-state index in [1.165, 1.54) is 0 Å². The van der Waals surface area contributed by atoms with Crippen LogP contribution in [0.25, 0.3) is 0 Å². The zero-order chi connectivity index (χ0) is 5.86. The Morgan fingerprint density at radius 1 is 1.57 bits per heavy atom. The fourth-order valence-corrected chi connectivity index (χ4v) is 0.271. The first-order chi connectivity index (χ1) is 3.13. The van der Waals surface area contributed by atoms with E-state index in [0.717, 1.165) is 0 Å². The Morgan fingerprint density at radius 2 is 2.00 bits per heavy atom. The summed E-state index contributed by atoms with van der Waals surface area (Å²) in [6.45, 7) is 0. The highest BCUT2D eigenvalue weighted by atomic mass is 28.3. The van der Waals surface area contributed by atoms with Crippen LogP contribution in [0.5, 0.6) is 0 Å². The lowest BCUT2D eigenvalue weighted by molar-refractivity contribution is 0.120. The normalized spacial score (nSPS) is 9.00. The molecule has 0 saturated carbocycles. The van der Waals surface area contributed by atoms with Crippen LogP contribution in [0.15, 0.2) is 0 Å². The van der Waals surface area contributed by atoms with E-state index in [0.29, 0.717) is 0 Å². The topological polar surface area (TPSA) is 87.0 Å². The Kier molecular flexibility index (Phi) is 2.34. The van der Waals surface area contributed by atoms with Crippen molar-refractivity contribution in [3.8, 4) is 0 Å². The van der Waals surface area contributed by atoms with Gasteiger partial charge in [-0.2, -0.15) is 0 Å². The monoisotopic (exact) mass is 124 g/mol. The van der Waals surface area contributed by atoms with Crippen molar-refractivity contribution in [3.63, 3.8) is 0 Å². The third-order valence-electron chi connectivity index (χ3n) is 0.206. The molecule has 0 spiro atoms. The molecule has 42 valence electrons. The lowest BCUT2D eigenvalue weighted by Crippen LogP contribution is -2.20. The molecule has 0 amide bonds. The standard InChI is InChI=1S/CH4O5Si/c2-1(3)6-7(4)5/h4-5,7H,(H,2,3). The second-order valence-electron chi connectivity index (χ2n) is 0.710. The highest BCUT2D eigenvalue weighted by Crippen LogP contribution is 1.73. The van der Waals surface area contributed by atoms with Crippen molar-refractivity contribution < 1.29 is 23.9 Å². The molecule has 0 rings (SSSR count). The van der Waals surface area contributed by atoms with Gasteiger partial charge < -0.3 is 19.1 Å². The summed E-state index contributed by atoms with van der Waals surface area (Å²) in [5, 5.41) is 7.58. The second-order valence-corrected chi connectivity index (χ2v) is 1.60. The van der Waals surface area contributed by atoms with Crippen LogP contribution in [-0.2, 0) is 4.43 Å². The van der Waals surface area contributed by atoms with Crippen molar-refractivity contribution in [3.05, 3.63) is 0 Å². The first-order valence-electron chi connectivity index (χ1n) is 1.38. The van der Waals surface area contributed by atoms with Gasteiger partial charge in [-0.25, -0.2) is 4.79 Å². The minimum Gasteiger partial charge on any atom is -0.451 e. The molecule has 0 aromatic rings. The molecular weight excluding hydrogens is 120 g/mol. The van der Waals surface area contributed by atoms with Crippen LogP contribution < -0.4 is 0 Å². The molecule has 7 heavy (non-hydrogen) atoms. The molecule has 0 aliphatic heterocycles. The van der Waals surface area contributed by atoms with Gasteiger partial charge in [-0.3, -0.25) is 0 Å². The Labute approximate surface area is 40.7 Å². The van der Waals surface area contributed by atoms with Crippen LogP contribution >= 0.6 is 0 Å². The fourth-order valence-electron chi connectivity index (χ4n) is 0.0902. The van der Waals surface area contributed by atoms with Crippen molar-refractivity contribution in [2.75, 3.05) is 0 Å². The minimum atomic E-state index is -3.33. The van der Waals surface area contributed by atoms with Gasteiger partial charge in [0.05, 0.1) is 0 Å². The van der Waals surface area contributed by atoms with E-state index in [-0.39, 0.29) is 0 Å². The smallest absolute Gasteiger partial charge is 0.451 e. The van der Waals surface area contributed by atoms with Crippen LogP contribution in [0.1, 0.15) is 0 Å². The van der Waals surface area contributed by atoms with Gasteiger partial charge in [0.25, 0.3) is 0 Å². The number of carboxylic acid groups (broad SMARTS) is 1. The second kappa shape index (κ2) is 2.56.